The maximum absolute atomic E-state index is 13.3. The topological polar surface area (TPSA) is 46.9 Å². The molecule has 0 fully saturated rings. The lowest BCUT2D eigenvalue weighted by atomic mass is 10.1. The van der Waals surface area contributed by atoms with Crippen molar-refractivity contribution in [3.8, 4) is 11.3 Å². The summed E-state index contributed by atoms with van der Waals surface area (Å²) < 4.78 is 14.8. The molecule has 20 heavy (non-hydrogen) atoms. The van der Waals surface area contributed by atoms with Gasteiger partial charge in [-0.1, -0.05) is 26.0 Å². The molecule has 4 nitrogen and oxygen atoms in total. The minimum atomic E-state index is -0.311. The van der Waals surface area contributed by atoms with Crippen LogP contribution in [-0.4, -0.2) is 22.2 Å². The van der Waals surface area contributed by atoms with E-state index in [-0.39, 0.29) is 11.7 Å². The molecule has 0 saturated heterocycles. The molecule has 0 aliphatic carbocycles. The highest BCUT2D eigenvalue weighted by atomic mass is 19.1. The predicted octanol–water partition coefficient (Wildman–Crippen LogP) is 2.61. The molecule has 0 aliphatic rings. The molecule has 106 valence electrons. The largest absolute Gasteiger partial charge is 0.350 e. The van der Waals surface area contributed by atoms with Crippen molar-refractivity contribution in [2.24, 2.45) is 13.0 Å². The van der Waals surface area contributed by atoms with Crippen molar-refractivity contribution >= 4 is 5.91 Å². The van der Waals surface area contributed by atoms with Crippen molar-refractivity contribution in [1.29, 1.82) is 0 Å². The first-order chi connectivity index (χ1) is 9.47. The fourth-order valence-corrected chi connectivity index (χ4v) is 1.88. The number of nitrogens with zero attached hydrogens (tertiary/aromatic N) is 2. The summed E-state index contributed by atoms with van der Waals surface area (Å²) in [6.45, 7) is 4.65. The minimum Gasteiger partial charge on any atom is -0.350 e. The number of rotatable bonds is 4. The molecule has 0 aliphatic heterocycles. The Bertz CT molecular complexity index is 619. The van der Waals surface area contributed by atoms with E-state index in [0.717, 1.165) is 0 Å². The second kappa shape index (κ2) is 5.86. The zero-order valence-electron chi connectivity index (χ0n) is 11.9. The number of carbonyl (C=O) groups excluding carboxylic acids is 1. The highest BCUT2D eigenvalue weighted by Crippen LogP contribution is 2.20. The Morgan fingerprint density at radius 3 is 2.80 bits per heavy atom. The van der Waals surface area contributed by atoms with Crippen LogP contribution >= 0.6 is 0 Å². The molecule has 1 N–H and O–H groups in total. The molecule has 0 atom stereocenters. The average Bonchev–Trinajstić information content (AvgIpc) is 2.78. The normalized spacial score (nSPS) is 10.8. The number of aromatic nitrogens is 2. The van der Waals surface area contributed by atoms with Gasteiger partial charge in [-0.05, 0) is 24.1 Å². The summed E-state index contributed by atoms with van der Waals surface area (Å²) in [5, 5.41) is 6.99. The zero-order valence-corrected chi connectivity index (χ0v) is 11.9. The number of aryl methyl sites for hydroxylation is 1. The van der Waals surface area contributed by atoms with E-state index in [1.807, 2.05) is 13.8 Å². The number of nitrogens with one attached hydrogen (secondary N) is 1. The lowest BCUT2D eigenvalue weighted by Crippen LogP contribution is -2.27. The van der Waals surface area contributed by atoms with Crippen LogP contribution in [0.3, 0.4) is 0 Å². The summed E-state index contributed by atoms with van der Waals surface area (Å²) in [7, 11) is 1.74. The highest BCUT2D eigenvalue weighted by Gasteiger charge is 2.14. The quantitative estimate of drug-likeness (QED) is 0.932. The third kappa shape index (κ3) is 3.23. The van der Waals surface area contributed by atoms with Gasteiger partial charge in [0.1, 0.15) is 5.82 Å². The van der Waals surface area contributed by atoms with Crippen LogP contribution in [0.1, 0.15) is 24.3 Å². The fraction of sp³-hybridized carbons (Fsp3) is 0.333. The van der Waals surface area contributed by atoms with E-state index in [1.165, 1.54) is 12.1 Å². The van der Waals surface area contributed by atoms with Crippen LogP contribution in [-0.2, 0) is 7.05 Å². The van der Waals surface area contributed by atoms with Gasteiger partial charge >= 0.3 is 0 Å². The van der Waals surface area contributed by atoms with Gasteiger partial charge in [0.15, 0.2) is 5.69 Å². The van der Waals surface area contributed by atoms with E-state index < -0.39 is 0 Å². The lowest BCUT2D eigenvalue weighted by Gasteiger charge is -2.04. The lowest BCUT2D eigenvalue weighted by molar-refractivity contribution is 0.0943. The Morgan fingerprint density at radius 1 is 1.40 bits per heavy atom. The summed E-state index contributed by atoms with van der Waals surface area (Å²) in [4.78, 5) is 12.0. The molecule has 1 heterocycles. The number of halogens is 1. The monoisotopic (exact) mass is 275 g/mol. The minimum absolute atomic E-state index is 0.211. The van der Waals surface area contributed by atoms with Crippen LogP contribution in [0.5, 0.6) is 0 Å². The van der Waals surface area contributed by atoms with Crippen molar-refractivity contribution in [3.63, 3.8) is 0 Å². The average molecular weight is 275 g/mol. The van der Waals surface area contributed by atoms with Gasteiger partial charge in [0.2, 0.25) is 0 Å². The Balaban J connectivity index is 2.23. The Hall–Kier alpha value is -2.17. The third-order valence-electron chi connectivity index (χ3n) is 2.90. The Kier molecular flexibility index (Phi) is 4.17. The maximum Gasteiger partial charge on any atom is 0.271 e. The standard InChI is InChI=1S/C15H18FN3O/c1-10(2)9-17-15(20)13-8-14(19(3)18-13)11-5-4-6-12(16)7-11/h4-8,10H,9H2,1-3H3,(H,17,20). The van der Waals surface area contributed by atoms with E-state index in [4.69, 9.17) is 0 Å². The molecule has 1 amide bonds. The van der Waals surface area contributed by atoms with Crippen molar-refractivity contribution in [2.75, 3.05) is 6.54 Å². The maximum atomic E-state index is 13.3. The van der Waals surface area contributed by atoms with Crippen LogP contribution in [0.2, 0.25) is 0 Å². The van der Waals surface area contributed by atoms with Crippen LogP contribution < -0.4 is 5.32 Å². The zero-order chi connectivity index (χ0) is 14.7. The smallest absolute Gasteiger partial charge is 0.271 e. The van der Waals surface area contributed by atoms with E-state index in [9.17, 15) is 9.18 Å². The Morgan fingerprint density at radius 2 is 2.15 bits per heavy atom. The van der Waals surface area contributed by atoms with Crippen molar-refractivity contribution in [2.45, 2.75) is 13.8 Å². The van der Waals surface area contributed by atoms with Crippen LogP contribution in [0, 0.1) is 11.7 Å². The number of benzene rings is 1. The molecule has 0 saturated carbocycles. The number of hydrogen-bond donors (Lipinski definition) is 1. The molecule has 2 rings (SSSR count). The van der Waals surface area contributed by atoms with Gasteiger partial charge in [-0.3, -0.25) is 9.48 Å². The molecular formula is C15H18FN3O. The molecular weight excluding hydrogens is 257 g/mol. The van der Waals surface area contributed by atoms with E-state index in [2.05, 4.69) is 10.4 Å². The van der Waals surface area contributed by atoms with Crippen LogP contribution in [0.4, 0.5) is 4.39 Å². The first kappa shape index (κ1) is 14.2. The molecule has 0 radical (unpaired) electrons. The summed E-state index contributed by atoms with van der Waals surface area (Å²) in [5.41, 5.74) is 1.74. The first-order valence-corrected chi connectivity index (χ1v) is 6.55. The highest BCUT2D eigenvalue weighted by molar-refractivity contribution is 5.93. The van der Waals surface area contributed by atoms with Crippen molar-refractivity contribution in [1.82, 2.24) is 15.1 Å². The molecule has 2 aromatic rings. The number of carbonyl (C=O) groups is 1. The summed E-state index contributed by atoms with van der Waals surface area (Å²) in [6, 6.07) is 7.90. The third-order valence-corrected chi connectivity index (χ3v) is 2.90. The second-order valence-electron chi connectivity index (χ2n) is 5.15. The second-order valence-corrected chi connectivity index (χ2v) is 5.15. The molecule has 0 unspecified atom stereocenters. The summed E-state index contributed by atoms with van der Waals surface area (Å²) >= 11 is 0. The van der Waals surface area contributed by atoms with Gasteiger partial charge in [0.05, 0.1) is 5.69 Å². The van der Waals surface area contributed by atoms with Crippen molar-refractivity contribution in [3.05, 3.63) is 41.8 Å². The molecule has 1 aromatic heterocycles. The predicted molar refractivity (Wildman–Crippen MR) is 75.8 cm³/mol. The number of amides is 1. The molecule has 1 aromatic carbocycles. The van der Waals surface area contributed by atoms with Gasteiger partial charge in [-0.25, -0.2) is 4.39 Å². The summed E-state index contributed by atoms with van der Waals surface area (Å²) in [5.74, 6) is -0.142. The molecule has 5 heteroatoms. The van der Waals surface area contributed by atoms with E-state index in [0.29, 0.717) is 29.4 Å². The van der Waals surface area contributed by atoms with Crippen molar-refractivity contribution < 1.29 is 9.18 Å². The SMILES string of the molecule is CC(C)CNC(=O)c1cc(-c2cccc(F)c2)n(C)n1. The van der Waals surface area contributed by atoms with Gasteiger partial charge in [0, 0.05) is 19.2 Å². The Labute approximate surface area is 117 Å². The van der Waals surface area contributed by atoms with Gasteiger partial charge < -0.3 is 5.32 Å². The fourth-order valence-electron chi connectivity index (χ4n) is 1.88. The van der Waals surface area contributed by atoms with Gasteiger partial charge in [0.25, 0.3) is 5.91 Å². The van der Waals surface area contributed by atoms with Crippen LogP contribution in [0.15, 0.2) is 30.3 Å². The van der Waals surface area contributed by atoms with E-state index >= 15 is 0 Å². The summed E-state index contributed by atoms with van der Waals surface area (Å²) in [6.07, 6.45) is 0. The van der Waals surface area contributed by atoms with E-state index in [1.54, 1.807) is 29.9 Å². The van der Waals surface area contributed by atoms with Gasteiger partial charge in [-0.2, -0.15) is 5.10 Å². The number of hydrogen-bond acceptors (Lipinski definition) is 2. The van der Waals surface area contributed by atoms with Crippen LogP contribution in [0.25, 0.3) is 11.3 Å². The molecule has 0 spiro atoms. The molecule has 0 bridgehead atoms. The van der Waals surface area contributed by atoms with Gasteiger partial charge in [-0.15, -0.1) is 0 Å². The first-order valence-electron chi connectivity index (χ1n) is 6.55.